The highest BCUT2D eigenvalue weighted by Gasteiger charge is 2.21. The first kappa shape index (κ1) is 11.7. The van der Waals surface area contributed by atoms with Gasteiger partial charge in [0.25, 0.3) is 5.69 Å². The van der Waals surface area contributed by atoms with Crippen LogP contribution in [0.1, 0.15) is 24.0 Å². The van der Waals surface area contributed by atoms with Gasteiger partial charge >= 0.3 is 0 Å². The highest BCUT2D eigenvalue weighted by atomic mass is 35.5. The van der Waals surface area contributed by atoms with Crippen molar-refractivity contribution in [1.29, 1.82) is 0 Å². The molecule has 1 unspecified atom stereocenters. The summed E-state index contributed by atoms with van der Waals surface area (Å²) in [5.74, 6) is -0.352. The predicted octanol–water partition coefficient (Wildman–Crippen LogP) is 2.64. The van der Waals surface area contributed by atoms with Crippen LogP contribution in [0.4, 0.5) is 5.69 Å². The van der Waals surface area contributed by atoms with Gasteiger partial charge in [0.05, 0.1) is 4.92 Å². The van der Waals surface area contributed by atoms with Gasteiger partial charge in [0.15, 0.2) is 0 Å². The fraction of sp³-hybridized carbons (Fsp3) is 0.300. The van der Waals surface area contributed by atoms with Crippen LogP contribution in [0.15, 0.2) is 18.2 Å². The van der Waals surface area contributed by atoms with E-state index in [1.807, 2.05) is 0 Å². The van der Waals surface area contributed by atoms with Crippen molar-refractivity contribution in [3.8, 4) is 0 Å². The maximum atomic E-state index is 10.8. The van der Waals surface area contributed by atoms with E-state index in [9.17, 15) is 14.9 Å². The molecule has 0 fully saturated rings. The highest BCUT2D eigenvalue weighted by Crippen LogP contribution is 2.29. The Hall–Kier alpha value is -1.42. The molecular weight excluding hydrogens is 218 g/mol. The molecule has 0 saturated heterocycles. The van der Waals surface area contributed by atoms with Crippen LogP contribution in [-0.4, -0.2) is 11.2 Å². The van der Waals surface area contributed by atoms with Gasteiger partial charge in [0, 0.05) is 23.4 Å². The molecular formula is C10H10ClNO3. The molecule has 0 aliphatic heterocycles. The van der Waals surface area contributed by atoms with E-state index >= 15 is 0 Å². The Morgan fingerprint density at radius 3 is 2.73 bits per heavy atom. The van der Waals surface area contributed by atoms with Crippen LogP contribution in [0.2, 0.25) is 0 Å². The van der Waals surface area contributed by atoms with Gasteiger partial charge in [-0.2, -0.15) is 0 Å². The van der Waals surface area contributed by atoms with E-state index in [1.165, 1.54) is 6.07 Å². The maximum Gasteiger partial charge on any atom is 0.273 e. The van der Waals surface area contributed by atoms with Crippen LogP contribution in [0.3, 0.4) is 0 Å². The van der Waals surface area contributed by atoms with Crippen LogP contribution in [0, 0.1) is 10.1 Å². The second kappa shape index (κ2) is 4.89. The van der Waals surface area contributed by atoms with Gasteiger partial charge in [-0.25, -0.2) is 0 Å². The van der Waals surface area contributed by atoms with Crippen LogP contribution in [-0.2, 0) is 10.7 Å². The van der Waals surface area contributed by atoms with Crippen molar-refractivity contribution in [2.45, 2.75) is 18.7 Å². The Morgan fingerprint density at radius 1 is 1.60 bits per heavy atom. The van der Waals surface area contributed by atoms with Gasteiger partial charge in [-0.1, -0.05) is 19.1 Å². The van der Waals surface area contributed by atoms with Crippen LogP contribution >= 0.6 is 11.6 Å². The number of nitrogens with zero attached hydrogens (tertiary/aromatic N) is 1. The first-order chi connectivity index (χ1) is 7.11. The quantitative estimate of drug-likeness (QED) is 0.344. The van der Waals surface area contributed by atoms with Gasteiger partial charge in [0.2, 0.25) is 0 Å². The summed E-state index contributed by atoms with van der Waals surface area (Å²) in [5.41, 5.74) is 0.991. The number of nitro groups is 1. The van der Waals surface area contributed by atoms with Crippen LogP contribution < -0.4 is 0 Å². The molecule has 0 bridgehead atoms. The lowest BCUT2D eigenvalue weighted by atomic mass is 9.96. The minimum atomic E-state index is -0.514. The molecule has 1 aromatic rings. The van der Waals surface area contributed by atoms with E-state index in [0.29, 0.717) is 17.4 Å². The van der Waals surface area contributed by atoms with Crippen molar-refractivity contribution in [2.75, 3.05) is 0 Å². The summed E-state index contributed by atoms with van der Waals surface area (Å²) in [6.45, 7) is 1.62. The molecule has 0 aliphatic rings. The predicted molar refractivity (Wildman–Crippen MR) is 57.1 cm³/mol. The Morgan fingerprint density at radius 2 is 2.27 bits per heavy atom. The average Bonchev–Trinajstić information content (AvgIpc) is 2.26. The second-order valence-corrected chi connectivity index (χ2v) is 3.43. The third-order valence-corrected chi connectivity index (χ3v) is 2.46. The highest BCUT2D eigenvalue weighted by molar-refractivity contribution is 6.17. The van der Waals surface area contributed by atoms with Gasteiger partial charge in [0.1, 0.15) is 6.29 Å². The van der Waals surface area contributed by atoms with E-state index in [2.05, 4.69) is 0 Å². The van der Waals surface area contributed by atoms with E-state index in [0.717, 1.165) is 0 Å². The van der Waals surface area contributed by atoms with Gasteiger partial charge in [-0.3, -0.25) is 10.1 Å². The van der Waals surface area contributed by atoms with Crippen LogP contribution in [0.5, 0.6) is 0 Å². The molecule has 0 saturated carbocycles. The lowest BCUT2D eigenvalue weighted by Gasteiger charge is -2.09. The molecule has 15 heavy (non-hydrogen) atoms. The summed E-state index contributed by atoms with van der Waals surface area (Å²) in [6.07, 6.45) is 0.679. The number of alkyl halides is 1. The standard InChI is InChI=1S/C10H10ClNO3/c1-7(6-13)10-8(5-11)3-2-4-9(10)12(14)15/h2-4,6-7H,5H2,1H3. The molecule has 1 rings (SSSR count). The summed E-state index contributed by atoms with van der Waals surface area (Å²) < 4.78 is 0. The van der Waals surface area contributed by atoms with Crippen molar-refractivity contribution in [1.82, 2.24) is 0 Å². The normalized spacial score (nSPS) is 12.1. The molecule has 80 valence electrons. The summed E-state index contributed by atoms with van der Waals surface area (Å²) in [7, 11) is 0. The number of rotatable bonds is 4. The molecule has 0 aromatic heterocycles. The number of halogens is 1. The zero-order valence-corrected chi connectivity index (χ0v) is 8.90. The zero-order chi connectivity index (χ0) is 11.4. The molecule has 1 aromatic carbocycles. The molecule has 0 spiro atoms. The lowest BCUT2D eigenvalue weighted by Crippen LogP contribution is -2.04. The van der Waals surface area contributed by atoms with E-state index in [1.54, 1.807) is 19.1 Å². The summed E-state index contributed by atoms with van der Waals surface area (Å²) >= 11 is 5.67. The molecule has 1 atom stereocenters. The smallest absolute Gasteiger partial charge is 0.273 e. The number of aldehydes is 1. The van der Waals surface area contributed by atoms with Crippen molar-refractivity contribution < 1.29 is 9.72 Å². The van der Waals surface area contributed by atoms with Crippen molar-refractivity contribution in [3.63, 3.8) is 0 Å². The Balaban J connectivity index is 3.39. The SMILES string of the molecule is CC(C=O)c1c(CCl)cccc1[N+](=O)[O-]. The number of hydrogen-bond donors (Lipinski definition) is 0. The first-order valence-corrected chi connectivity index (χ1v) is 4.92. The molecule has 0 heterocycles. The van der Waals surface area contributed by atoms with Crippen LogP contribution in [0.25, 0.3) is 0 Å². The number of hydrogen-bond acceptors (Lipinski definition) is 3. The largest absolute Gasteiger partial charge is 0.303 e. The average molecular weight is 228 g/mol. The number of nitro benzene ring substituents is 1. The summed E-state index contributed by atoms with van der Waals surface area (Å²) in [5, 5.41) is 10.8. The van der Waals surface area contributed by atoms with Crippen molar-refractivity contribution in [3.05, 3.63) is 39.4 Å². The lowest BCUT2D eigenvalue weighted by molar-refractivity contribution is -0.385. The second-order valence-electron chi connectivity index (χ2n) is 3.17. The van der Waals surface area contributed by atoms with E-state index < -0.39 is 10.8 Å². The molecule has 4 nitrogen and oxygen atoms in total. The zero-order valence-electron chi connectivity index (χ0n) is 8.14. The summed E-state index contributed by atoms with van der Waals surface area (Å²) in [6, 6.07) is 4.64. The number of carbonyl (C=O) groups excluding carboxylic acids is 1. The molecule has 0 radical (unpaired) electrons. The monoisotopic (exact) mass is 227 g/mol. The van der Waals surface area contributed by atoms with Crippen molar-refractivity contribution in [2.24, 2.45) is 0 Å². The Bertz CT molecular complexity index is 392. The summed E-state index contributed by atoms with van der Waals surface area (Å²) in [4.78, 5) is 20.9. The topological polar surface area (TPSA) is 60.2 Å². The Labute approximate surface area is 92.0 Å². The van der Waals surface area contributed by atoms with Gasteiger partial charge < -0.3 is 4.79 Å². The molecule has 0 aliphatic carbocycles. The number of carbonyl (C=O) groups is 1. The third-order valence-electron chi connectivity index (χ3n) is 2.17. The van der Waals surface area contributed by atoms with Crippen molar-refractivity contribution >= 4 is 23.6 Å². The van der Waals surface area contributed by atoms with Gasteiger partial charge in [-0.15, -0.1) is 11.6 Å². The Kier molecular flexibility index (Phi) is 3.80. The molecule has 0 N–H and O–H groups in total. The van der Waals surface area contributed by atoms with Gasteiger partial charge in [-0.05, 0) is 5.56 Å². The van der Waals surface area contributed by atoms with E-state index in [-0.39, 0.29) is 11.6 Å². The van der Waals surface area contributed by atoms with E-state index in [4.69, 9.17) is 11.6 Å². The minimum absolute atomic E-state index is 0.0484. The number of benzene rings is 1. The molecule has 5 heteroatoms. The fourth-order valence-electron chi connectivity index (χ4n) is 1.47. The fourth-order valence-corrected chi connectivity index (χ4v) is 1.70. The maximum absolute atomic E-state index is 10.8. The third kappa shape index (κ3) is 2.33. The molecule has 0 amide bonds. The minimum Gasteiger partial charge on any atom is -0.303 e. The first-order valence-electron chi connectivity index (χ1n) is 4.39.